The predicted molar refractivity (Wildman–Crippen MR) is 115 cm³/mol. The molecule has 0 radical (unpaired) electrons. The van der Waals surface area contributed by atoms with Crippen LogP contribution in [0.4, 0.5) is 5.69 Å². The van der Waals surface area contributed by atoms with E-state index in [9.17, 15) is 9.59 Å². The average molecular weight is 409 g/mol. The number of morpholine rings is 1. The molecule has 0 saturated carbocycles. The Hall–Kier alpha value is -2.57. The third kappa shape index (κ3) is 3.82. The number of amides is 2. The molecule has 5 nitrogen and oxygen atoms in total. The van der Waals surface area contributed by atoms with Crippen molar-refractivity contribution in [2.45, 2.75) is 25.7 Å². The standard InChI is InChI=1S/C23H24N2O3S/c1-15-4-7-18(8-5-15)29-21-20(24-10-12-28-13-11-24)22(26)25(23(21)27)19-9-6-16(2)14-17(19)3/h4-9,14H,10-13H2,1-3H3. The summed E-state index contributed by atoms with van der Waals surface area (Å²) in [6.07, 6.45) is 0. The van der Waals surface area contributed by atoms with Gasteiger partial charge in [-0.05, 0) is 44.5 Å². The molecule has 2 amide bonds. The average Bonchev–Trinajstić information content (AvgIpc) is 2.94. The summed E-state index contributed by atoms with van der Waals surface area (Å²) in [6, 6.07) is 13.8. The number of hydrogen-bond donors (Lipinski definition) is 0. The van der Waals surface area contributed by atoms with Crippen molar-refractivity contribution in [3.05, 3.63) is 69.8 Å². The van der Waals surface area contributed by atoms with E-state index in [0.717, 1.165) is 21.6 Å². The Morgan fingerprint density at radius 3 is 2.17 bits per heavy atom. The molecule has 2 aliphatic rings. The Balaban J connectivity index is 1.75. The highest BCUT2D eigenvalue weighted by Gasteiger charge is 2.43. The number of thioether (sulfide) groups is 1. The van der Waals surface area contributed by atoms with Crippen LogP contribution < -0.4 is 4.90 Å². The number of benzene rings is 2. The molecule has 0 N–H and O–H groups in total. The Morgan fingerprint density at radius 2 is 1.52 bits per heavy atom. The second-order valence-electron chi connectivity index (χ2n) is 7.43. The molecule has 2 aliphatic heterocycles. The minimum Gasteiger partial charge on any atom is -0.378 e. The van der Waals surface area contributed by atoms with Crippen LogP contribution in [0.2, 0.25) is 0 Å². The summed E-state index contributed by atoms with van der Waals surface area (Å²) in [5.41, 5.74) is 4.30. The van der Waals surface area contributed by atoms with Crippen LogP contribution in [0.5, 0.6) is 0 Å². The largest absolute Gasteiger partial charge is 0.378 e. The number of carbonyl (C=O) groups is 2. The Labute approximate surface area is 175 Å². The van der Waals surface area contributed by atoms with E-state index in [4.69, 9.17) is 4.74 Å². The summed E-state index contributed by atoms with van der Waals surface area (Å²) >= 11 is 1.37. The summed E-state index contributed by atoms with van der Waals surface area (Å²) < 4.78 is 5.45. The first kappa shape index (κ1) is 19.7. The molecule has 0 spiro atoms. The smallest absolute Gasteiger partial charge is 0.283 e. The van der Waals surface area contributed by atoms with Crippen molar-refractivity contribution in [1.82, 2.24) is 4.90 Å². The molecule has 1 fully saturated rings. The number of imide groups is 1. The number of rotatable bonds is 4. The van der Waals surface area contributed by atoms with Crippen molar-refractivity contribution in [3.8, 4) is 0 Å². The van der Waals surface area contributed by atoms with Gasteiger partial charge >= 0.3 is 0 Å². The number of aryl methyl sites for hydroxylation is 3. The normalized spacial score (nSPS) is 17.5. The molecular weight excluding hydrogens is 384 g/mol. The van der Waals surface area contributed by atoms with E-state index in [1.54, 1.807) is 0 Å². The number of nitrogens with zero attached hydrogens (tertiary/aromatic N) is 2. The van der Waals surface area contributed by atoms with Gasteiger partial charge in [0.1, 0.15) is 10.6 Å². The van der Waals surface area contributed by atoms with Gasteiger partial charge in [-0.2, -0.15) is 0 Å². The second kappa shape index (κ2) is 8.05. The van der Waals surface area contributed by atoms with Crippen molar-refractivity contribution in [2.24, 2.45) is 0 Å². The minimum atomic E-state index is -0.256. The van der Waals surface area contributed by atoms with Gasteiger partial charge in [0, 0.05) is 18.0 Å². The van der Waals surface area contributed by atoms with E-state index in [0.29, 0.717) is 42.6 Å². The Bertz CT molecular complexity index is 992. The van der Waals surface area contributed by atoms with Crippen LogP contribution in [0.1, 0.15) is 16.7 Å². The van der Waals surface area contributed by atoms with Crippen LogP contribution in [0.25, 0.3) is 0 Å². The molecule has 0 unspecified atom stereocenters. The zero-order valence-electron chi connectivity index (χ0n) is 16.9. The van der Waals surface area contributed by atoms with Crippen LogP contribution in [-0.2, 0) is 14.3 Å². The van der Waals surface area contributed by atoms with Crippen molar-refractivity contribution >= 4 is 29.3 Å². The van der Waals surface area contributed by atoms with E-state index in [1.165, 1.54) is 16.7 Å². The van der Waals surface area contributed by atoms with Gasteiger partial charge in [-0.1, -0.05) is 47.2 Å². The summed E-state index contributed by atoms with van der Waals surface area (Å²) in [5.74, 6) is -0.507. The SMILES string of the molecule is Cc1ccc(SC2=C(N3CCOCC3)C(=O)N(c3ccc(C)cc3C)C2=O)cc1. The summed E-state index contributed by atoms with van der Waals surface area (Å²) in [4.78, 5) is 31.7. The van der Waals surface area contributed by atoms with Gasteiger partial charge in [0.25, 0.3) is 11.8 Å². The molecule has 6 heteroatoms. The maximum atomic E-state index is 13.5. The lowest BCUT2D eigenvalue weighted by atomic mass is 10.1. The van der Waals surface area contributed by atoms with Crippen molar-refractivity contribution < 1.29 is 14.3 Å². The van der Waals surface area contributed by atoms with Crippen LogP contribution >= 0.6 is 11.8 Å². The Morgan fingerprint density at radius 1 is 0.862 bits per heavy atom. The first-order valence-electron chi connectivity index (χ1n) is 9.73. The van der Waals surface area contributed by atoms with Gasteiger partial charge in [0.15, 0.2) is 0 Å². The van der Waals surface area contributed by atoms with Gasteiger partial charge in [0.2, 0.25) is 0 Å². The Kier molecular flexibility index (Phi) is 5.48. The van der Waals surface area contributed by atoms with E-state index >= 15 is 0 Å². The van der Waals surface area contributed by atoms with Crippen molar-refractivity contribution in [1.29, 1.82) is 0 Å². The summed E-state index contributed by atoms with van der Waals surface area (Å²) in [7, 11) is 0. The molecule has 2 aromatic carbocycles. The molecule has 0 aliphatic carbocycles. The summed E-state index contributed by atoms with van der Waals surface area (Å²) in [5, 5.41) is 0. The van der Waals surface area contributed by atoms with E-state index < -0.39 is 0 Å². The highest BCUT2D eigenvalue weighted by Crippen LogP contribution is 2.39. The maximum absolute atomic E-state index is 13.5. The van der Waals surface area contributed by atoms with Crippen LogP contribution in [0.3, 0.4) is 0 Å². The topological polar surface area (TPSA) is 49.9 Å². The number of anilines is 1. The third-order valence-electron chi connectivity index (χ3n) is 5.18. The predicted octanol–water partition coefficient (Wildman–Crippen LogP) is 3.82. The quantitative estimate of drug-likeness (QED) is 0.720. The molecule has 150 valence electrons. The van der Waals surface area contributed by atoms with Gasteiger partial charge in [-0.3, -0.25) is 9.59 Å². The highest BCUT2D eigenvalue weighted by atomic mass is 32.2. The van der Waals surface area contributed by atoms with E-state index in [-0.39, 0.29) is 11.8 Å². The van der Waals surface area contributed by atoms with Gasteiger partial charge in [-0.25, -0.2) is 4.90 Å². The zero-order chi connectivity index (χ0) is 20.5. The molecular formula is C23H24N2O3S. The molecule has 0 bridgehead atoms. The van der Waals surface area contributed by atoms with Crippen LogP contribution in [0, 0.1) is 20.8 Å². The van der Waals surface area contributed by atoms with Gasteiger partial charge < -0.3 is 9.64 Å². The van der Waals surface area contributed by atoms with Crippen molar-refractivity contribution in [3.63, 3.8) is 0 Å². The first-order valence-corrected chi connectivity index (χ1v) is 10.5. The fourth-order valence-electron chi connectivity index (χ4n) is 3.66. The fourth-order valence-corrected chi connectivity index (χ4v) is 4.65. The monoisotopic (exact) mass is 408 g/mol. The third-order valence-corrected chi connectivity index (χ3v) is 6.26. The fraction of sp³-hybridized carbons (Fsp3) is 0.304. The first-order chi connectivity index (χ1) is 14.0. The van der Waals surface area contributed by atoms with Crippen LogP contribution in [0.15, 0.2) is 58.0 Å². The van der Waals surface area contributed by atoms with E-state index in [1.807, 2.05) is 68.1 Å². The molecule has 2 aromatic rings. The number of ether oxygens (including phenoxy) is 1. The molecule has 29 heavy (non-hydrogen) atoms. The van der Waals surface area contributed by atoms with Crippen molar-refractivity contribution in [2.75, 3.05) is 31.2 Å². The van der Waals surface area contributed by atoms with Gasteiger partial charge in [0.05, 0.1) is 18.9 Å². The van der Waals surface area contributed by atoms with E-state index in [2.05, 4.69) is 0 Å². The lowest BCUT2D eigenvalue weighted by molar-refractivity contribution is -0.121. The second-order valence-corrected chi connectivity index (χ2v) is 8.51. The van der Waals surface area contributed by atoms with Gasteiger partial charge in [-0.15, -0.1) is 0 Å². The minimum absolute atomic E-state index is 0.251. The molecule has 2 heterocycles. The van der Waals surface area contributed by atoms with Crippen LogP contribution in [-0.4, -0.2) is 43.0 Å². The number of carbonyl (C=O) groups excluding carboxylic acids is 2. The molecule has 4 rings (SSSR count). The maximum Gasteiger partial charge on any atom is 0.283 e. The molecule has 1 saturated heterocycles. The number of hydrogen-bond acceptors (Lipinski definition) is 5. The summed E-state index contributed by atoms with van der Waals surface area (Å²) in [6.45, 7) is 8.27. The molecule has 0 aromatic heterocycles. The lowest BCUT2D eigenvalue weighted by Crippen LogP contribution is -2.40. The zero-order valence-corrected chi connectivity index (χ0v) is 17.7. The molecule has 0 atom stereocenters. The lowest BCUT2D eigenvalue weighted by Gasteiger charge is -2.29. The highest BCUT2D eigenvalue weighted by molar-refractivity contribution is 8.04.